The Morgan fingerprint density at radius 2 is 1.90 bits per heavy atom. The number of nitrogens with one attached hydrogen (secondary N) is 1. The van der Waals surface area contributed by atoms with Crippen LogP contribution in [0.4, 0.5) is 0 Å². The van der Waals surface area contributed by atoms with Crippen molar-refractivity contribution in [3.63, 3.8) is 0 Å². The van der Waals surface area contributed by atoms with E-state index in [2.05, 4.69) is 5.32 Å². The van der Waals surface area contributed by atoms with Crippen LogP contribution in [0.25, 0.3) is 0 Å². The van der Waals surface area contributed by atoms with Crippen LogP contribution in [0.1, 0.15) is 11.1 Å². The fourth-order valence-corrected chi connectivity index (χ4v) is 1.95. The van der Waals surface area contributed by atoms with Crippen molar-refractivity contribution in [2.24, 2.45) is 0 Å². The lowest BCUT2D eigenvalue weighted by atomic mass is 10.2. The molecule has 0 spiro atoms. The van der Waals surface area contributed by atoms with Crippen LogP contribution in [0.15, 0.2) is 48.5 Å². The number of hydrogen-bond donors (Lipinski definition) is 3. The molecule has 0 saturated carbocycles. The molecule has 2 rings (SSSR count). The fraction of sp³-hybridized carbons (Fsp3) is 0.294. The van der Waals surface area contributed by atoms with Crippen LogP contribution >= 0.6 is 0 Å². The van der Waals surface area contributed by atoms with Crippen molar-refractivity contribution in [2.75, 3.05) is 13.2 Å². The molecule has 0 fully saturated rings. The first-order valence-electron chi connectivity index (χ1n) is 6.99. The summed E-state index contributed by atoms with van der Waals surface area (Å²) in [6.07, 6.45) is -0.567. The highest BCUT2D eigenvalue weighted by Gasteiger charge is 2.05. The van der Waals surface area contributed by atoms with Crippen molar-refractivity contribution in [1.82, 2.24) is 5.32 Å². The van der Waals surface area contributed by atoms with Crippen molar-refractivity contribution in [1.29, 1.82) is 0 Å². The van der Waals surface area contributed by atoms with Gasteiger partial charge in [-0.15, -0.1) is 0 Å². The zero-order chi connectivity index (χ0) is 15.1. The summed E-state index contributed by atoms with van der Waals surface area (Å²) < 4.78 is 5.54. The minimum absolute atomic E-state index is 0.255. The van der Waals surface area contributed by atoms with Crippen molar-refractivity contribution >= 4 is 0 Å². The van der Waals surface area contributed by atoms with Gasteiger partial charge in [0.15, 0.2) is 0 Å². The molecule has 0 saturated heterocycles. The van der Waals surface area contributed by atoms with Crippen LogP contribution in [-0.4, -0.2) is 29.5 Å². The SMILES string of the molecule is Cc1cccc(OCC(O)CNCc2ccc(O)cc2)c1. The third-order valence-corrected chi connectivity index (χ3v) is 3.08. The molecule has 0 radical (unpaired) electrons. The van der Waals surface area contributed by atoms with E-state index in [0.717, 1.165) is 16.9 Å². The van der Waals surface area contributed by atoms with E-state index in [1.807, 2.05) is 43.3 Å². The van der Waals surface area contributed by atoms with Gasteiger partial charge in [-0.1, -0.05) is 24.3 Å². The first-order valence-corrected chi connectivity index (χ1v) is 6.99. The maximum Gasteiger partial charge on any atom is 0.119 e. The predicted octanol–water partition coefficient (Wildman–Crippen LogP) is 2.23. The third-order valence-electron chi connectivity index (χ3n) is 3.08. The molecule has 0 aliphatic carbocycles. The Kier molecular flexibility index (Phi) is 5.60. The van der Waals surface area contributed by atoms with E-state index in [1.165, 1.54) is 0 Å². The van der Waals surface area contributed by atoms with E-state index in [0.29, 0.717) is 13.1 Å². The molecule has 21 heavy (non-hydrogen) atoms. The maximum absolute atomic E-state index is 9.87. The summed E-state index contributed by atoms with van der Waals surface area (Å²) in [5.41, 5.74) is 2.19. The average Bonchev–Trinajstić information content (AvgIpc) is 2.47. The van der Waals surface area contributed by atoms with Crippen LogP contribution in [0.5, 0.6) is 11.5 Å². The van der Waals surface area contributed by atoms with Crippen molar-refractivity contribution in [2.45, 2.75) is 19.6 Å². The zero-order valence-corrected chi connectivity index (χ0v) is 12.1. The summed E-state index contributed by atoms with van der Waals surface area (Å²) in [7, 11) is 0. The number of ether oxygens (including phenoxy) is 1. The summed E-state index contributed by atoms with van der Waals surface area (Å²) in [4.78, 5) is 0. The van der Waals surface area contributed by atoms with E-state index in [4.69, 9.17) is 4.74 Å². The summed E-state index contributed by atoms with van der Waals surface area (Å²) in [6, 6.07) is 14.7. The zero-order valence-electron chi connectivity index (χ0n) is 12.1. The standard InChI is InChI=1S/C17H21NO3/c1-13-3-2-4-17(9-13)21-12-16(20)11-18-10-14-5-7-15(19)8-6-14/h2-9,16,18-20H,10-12H2,1H3. The molecular weight excluding hydrogens is 266 g/mol. The molecule has 4 nitrogen and oxygen atoms in total. The number of aliphatic hydroxyl groups is 1. The first-order chi connectivity index (χ1) is 10.1. The molecule has 2 aromatic carbocycles. The number of aliphatic hydroxyl groups excluding tert-OH is 1. The number of aromatic hydroxyl groups is 1. The van der Waals surface area contributed by atoms with Crippen molar-refractivity contribution in [3.8, 4) is 11.5 Å². The van der Waals surface area contributed by atoms with Crippen molar-refractivity contribution < 1.29 is 14.9 Å². The van der Waals surface area contributed by atoms with Crippen LogP contribution in [0, 0.1) is 6.92 Å². The molecule has 0 heterocycles. The minimum atomic E-state index is -0.567. The molecule has 0 aromatic heterocycles. The van der Waals surface area contributed by atoms with Gasteiger partial charge < -0.3 is 20.3 Å². The molecular formula is C17H21NO3. The first kappa shape index (κ1) is 15.4. The number of phenols is 1. The van der Waals surface area contributed by atoms with Crippen molar-refractivity contribution in [3.05, 3.63) is 59.7 Å². The highest BCUT2D eigenvalue weighted by Crippen LogP contribution is 2.12. The Hall–Kier alpha value is -2.04. The normalized spacial score (nSPS) is 12.1. The van der Waals surface area contributed by atoms with E-state index < -0.39 is 6.10 Å². The summed E-state index contributed by atoms with van der Waals surface area (Å²) in [6.45, 7) is 3.35. The molecule has 3 N–H and O–H groups in total. The highest BCUT2D eigenvalue weighted by molar-refractivity contribution is 5.27. The third kappa shape index (κ3) is 5.45. The lowest BCUT2D eigenvalue weighted by Crippen LogP contribution is -2.31. The summed E-state index contributed by atoms with van der Waals surface area (Å²) >= 11 is 0. The highest BCUT2D eigenvalue weighted by atomic mass is 16.5. The van der Waals surface area contributed by atoms with Gasteiger partial charge in [0.2, 0.25) is 0 Å². The minimum Gasteiger partial charge on any atom is -0.508 e. The largest absolute Gasteiger partial charge is 0.508 e. The number of phenolic OH excluding ortho intramolecular Hbond substituents is 1. The van der Waals surface area contributed by atoms with Crippen LogP contribution in [-0.2, 0) is 6.54 Å². The second-order valence-electron chi connectivity index (χ2n) is 5.08. The van der Waals surface area contributed by atoms with Gasteiger partial charge in [0.25, 0.3) is 0 Å². The van der Waals surface area contributed by atoms with Gasteiger partial charge in [-0.3, -0.25) is 0 Å². The van der Waals surface area contributed by atoms with Gasteiger partial charge in [0.1, 0.15) is 24.2 Å². The molecule has 1 atom stereocenters. The second kappa shape index (κ2) is 7.67. The number of hydrogen-bond acceptors (Lipinski definition) is 4. The lowest BCUT2D eigenvalue weighted by Gasteiger charge is -2.13. The van der Waals surface area contributed by atoms with Gasteiger partial charge in [-0.25, -0.2) is 0 Å². The van der Waals surface area contributed by atoms with Crippen LogP contribution in [0.2, 0.25) is 0 Å². The summed E-state index contributed by atoms with van der Waals surface area (Å²) in [5, 5.41) is 22.2. The Morgan fingerprint density at radius 3 is 2.62 bits per heavy atom. The Labute approximate surface area is 125 Å². The molecule has 0 bridgehead atoms. The molecule has 0 aliphatic rings. The Bertz CT molecular complexity index is 554. The number of rotatable bonds is 7. The number of benzene rings is 2. The van der Waals surface area contributed by atoms with Gasteiger partial charge in [0.05, 0.1) is 0 Å². The predicted molar refractivity (Wildman–Crippen MR) is 82.5 cm³/mol. The van der Waals surface area contributed by atoms with E-state index in [9.17, 15) is 10.2 Å². The number of aryl methyl sites for hydroxylation is 1. The lowest BCUT2D eigenvalue weighted by molar-refractivity contribution is 0.106. The topological polar surface area (TPSA) is 61.7 Å². The maximum atomic E-state index is 9.87. The van der Waals surface area contributed by atoms with Gasteiger partial charge in [0, 0.05) is 13.1 Å². The molecule has 0 amide bonds. The van der Waals surface area contributed by atoms with Crippen LogP contribution < -0.4 is 10.1 Å². The second-order valence-corrected chi connectivity index (χ2v) is 5.08. The average molecular weight is 287 g/mol. The van der Waals surface area contributed by atoms with Gasteiger partial charge >= 0.3 is 0 Å². The van der Waals surface area contributed by atoms with Gasteiger partial charge in [-0.05, 0) is 42.3 Å². The Balaban J connectivity index is 1.67. The molecule has 0 aliphatic heterocycles. The van der Waals surface area contributed by atoms with E-state index in [1.54, 1.807) is 12.1 Å². The molecule has 2 aromatic rings. The van der Waals surface area contributed by atoms with E-state index in [-0.39, 0.29) is 12.4 Å². The smallest absolute Gasteiger partial charge is 0.119 e. The van der Waals surface area contributed by atoms with Gasteiger partial charge in [-0.2, -0.15) is 0 Å². The van der Waals surface area contributed by atoms with Crippen LogP contribution in [0.3, 0.4) is 0 Å². The molecule has 4 heteroatoms. The fourth-order valence-electron chi connectivity index (χ4n) is 1.95. The van der Waals surface area contributed by atoms with E-state index >= 15 is 0 Å². The quantitative estimate of drug-likeness (QED) is 0.731. The monoisotopic (exact) mass is 287 g/mol. The summed E-state index contributed by atoms with van der Waals surface area (Å²) in [5.74, 6) is 1.03. The molecule has 1 unspecified atom stereocenters. The molecule has 112 valence electrons. The Morgan fingerprint density at radius 1 is 1.14 bits per heavy atom.